The van der Waals surface area contributed by atoms with E-state index in [1.54, 1.807) is 4.90 Å². The lowest BCUT2D eigenvalue weighted by atomic mass is 9.93. The van der Waals surface area contributed by atoms with Gasteiger partial charge in [0.15, 0.2) is 0 Å². The van der Waals surface area contributed by atoms with Crippen LogP contribution in [-0.4, -0.2) is 48.4 Å². The molecule has 2 rings (SSSR count). The predicted octanol–water partition coefficient (Wildman–Crippen LogP) is 0.113. The Morgan fingerprint density at radius 2 is 2.22 bits per heavy atom. The van der Waals surface area contributed by atoms with Gasteiger partial charge in [0.1, 0.15) is 5.54 Å². The normalized spacial score (nSPS) is 27.8. The summed E-state index contributed by atoms with van der Waals surface area (Å²) in [6.07, 6.45) is 2.81. The van der Waals surface area contributed by atoms with E-state index in [0.717, 1.165) is 25.9 Å². The van der Waals surface area contributed by atoms with Crippen molar-refractivity contribution in [3.05, 3.63) is 0 Å². The number of piperidine rings is 1. The highest BCUT2D eigenvalue weighted by Gasteiger charge is 2.40. The summed E-state index contributed by atoms with van der Waals surface area (Å²) in [7, 11) is 0. The van der Waals surface area contributed by atoms with E-state index in [4.69, 9.17) is 0 Å². The molecule has 2 amide bonds. The Hall–Kier alpha value is -1.10. The molecule has 2 aliphatic rings. The van der Waals surface area contributed by atoms with E-state index in [9.17, 15) is 9.59 Å². The lowest BCUT2D eigenvalue weighted by Gasteiger charge is -2.42. The molecular weight excluding hydrogens is 230 g/mol. The van der Waals surface area contributed by atoms with Crippen molar-refractivity contribution >= 4 is 11.8 Å². The summed E-state index contributed by atoms with van der Waals surface area (Å²) in [6.45, 7) is 6.81. The fraction of sp³-hybridized carbons (Fsp3) is 0.846. The van der Waals surface area contributed by atoms with Gasteiger partial charge in [0.05, 0.1) is 0 Å². The number of carbonyl (C=O) groups excluding carboxylic acids is 2. The van der Waals surface area contributed by atoms with Crippen molar-refractivity contribution in [2.75, 3.05) is 26.2 Å². The Bertz CT molecular complexity index is 335. The number of amides is 2. The monoisotopic (exact) mass is 253 g/mol. The van der Waals surface area contributed by atoms with Crippen molar-refractivity contribution in [1.29, 1.82) is 0 Å². The van der Waals surface area contributed by atoms with Crippen LogP contribution in [0.4, 0.5) is 0 Å². The highest BCUT2D eigenvalue weighted by atomic mass is 16.2. The number of nitrogens with zero attached hydrogens (tertiary/aromatic N) is 1. The molecule has 2 heterocycles. The van der Waals surface area contributed by atoms with E-state index < -0.39 is 5.54 Å². The molecule has 18 heavy (non-hydrogen) atoms. The van der Waals surface area contributed by atoms with Crippen LogP contribution in [0.3, 0.4) is 0 Å². The van der Waals surface area contributed by atoms with Gasteiger partial charge in [0.25, 0.3) is 0 Å². The molecule has 0 radical (unpaired) electrons. The summed E-state index contributed by atoms with van der Waals surface area (Å²) < 4.78 is 0. The second-order valence-corrected chi connectivity index (χ2v) is 5.78. The molecule has 1 unspecified atom stereocenters. The summed E-state index contributed by atoms with van der Waals surface area (Å²) >= 11 is 0. The average molecular weight is 253 g/mol. The molecule has 2 aliphatic heterocycles. The largest absolute Gasteiger partial charge is 0.352 e. The smallest absolute Gasteiger partial charge is 0.245 e. The summed E-state index contributed by atoms with van der Waals surface area (Å²) in [5, 5.41) is 6.14. The van der Waals surface area contributed by atoms with Crippen molar-refractivity contribution in [2.24, 2.45) is 5.92 Å². The number of nitrogens with one attached hydrogen (secondary N) is 2. The van der Waals surface area contributed by atoms with Crippen LogP contribution in [0, 0.1) is 5.92 Å². The standard InChI is InChI=1S/C13H23N3O2/c1-13(2)12(18)15-6-7-16(13)11(17)8-10-4-3-5-14-9-10/h10,14H,3-9H2,1-2H3,(H,15,18). The van der Waals surface area contributed by atoms with Crippen LogP contribution >= 0.6 is 0 Å². The summed E-state index contributed by atoms with van der Waals surface area (Å²) in [5.74, 6) is 0.486. The Kier molecular flexibility index (Phi) is 3.90. The van der Waals surface area contributed by atoms with Crippen LogP contribution in [0.2, 0.25) is 0 Å². The van der Waals surface area contributed by atoms with E-state index >= 15 is 0 Å². The summed E-state index contributed by atoms with van der Waals surface area (Å²) in [4.78, 5) is 25.9. The average Bonchev–Trinajstić information content (AvgIpc) is 2.33. The SMILES string of the molecule is CC1(C)C(=O)NCCN1C(=O)CC1CCCNC1. The molecule has 0 aromatic rings. The predicted molar refractivity (Wildman–Crippen MR) is 69.0 cm³/mol. The molecule has 1 atom stereocenters. The van der Waals surface area contributed by atoms with Crippen LogP contribution in [0.15, 0.2) is 0 Å². The van der Waals surface area contributed by atoms with E-state index in [0.29, 0.717) is 25.4 Å². The summed E-state index contributed by atoms with van der Waals surface area (Å²) in [5.41, 5.74) is -0.711. The lowest BCUT2D eigenvalue weighted by molar-refractivity contribution is -0.149. The van der Waals surface area contributed by atoms with Crippen molar-refractivity contribution in [2.45, 2.75) is 38.6 Å². The third-order valence-electron chi connectivity index (χ3n) is 4.01. The number of rotatable bonds is 2. The van der Waals surface area contributed by atoms with E-state index in [1.807, 2.05) is 13.8 Å². The van der Waals surface area contributed by atoms with Gasteiger partial charge in [-0.1, -0.05) is 0 Å². The maximum Gasteiger partial charge on any atom is 0.245 e. The molecule has 2 N–H and O–H groups in total. The molecule has 0 saturated carbocycles. The van der Waals surface area contributed by atoms with Crippen LogP contribution < -0.4 is 10.6 Å². The topological polar surface area (TPSA) is 61.4 Å². The van der Waals surface area contributed by atoms with Crippen molar-refractivity contribution in [1.82, 2.24) is 15.5 Å². The molecule has 5 heteroatoms. The van der Waals surface area contributed by atoms with E-state index in [2.05, 4.69) is 10.6 Å². The fourth-order valence-electron chi connectivity index (χ4n) is 2.79. The minimum atomic E-state index is -0.711. The van der Waals surface area contributed by atoms with Gasteiger partial charge in [-0.3, -0.25) is 9.59 Å². The van der Waals surface area contributed by atoms with Gasteiger partial charge < -0.3 is 15.5 Å². The number of carbonyl (C=O) groups is 2. The first kappa shape index (κ1) is 13.3. The van der Waals surface area contributed by atoms with Gasteiger partial charge in [-0.05, 0) is 45.7 Å². The number of hydrogen-bond donors (Lipinski definition) is 2. The summed E-state index contributed by atoms with van der Waals surface area (Å²) in [6, 6.07) is 0. The van der Waals surface area contributed by atoms with Crippen LogP contribution in [0.25, 0.3) is 0 Å². The third-order valence-corrected chi connectivity index (χ3v) is 4.01. The zero-order chi connectivity index (χ0) is 13.2. The van der Waals surface area contributed by atoms with Crippen LogP contribution in [0.1, 0.15) is 33.1 Å². The Labute approximate surface area is 108 Å². The minimum absolute atomic E-state index is 0.0520. The van der Waals surface area contributed by atoms with Crippen molar-refractivity contribution < 1.29 is 9.59 Å². The van der Waals surface area contributed by atoms with Gasteiger partial charge in [-0.25, -0.2) is 0 Å². The Morgan fingerprint density at radius 3 is 2.89 bits per heavy atom. The molecule has 0 aromatic heterocycles. The first-order valence-corrected chi connectivity index (χ1v) is 6.81. The lowest BCUT2D eigenvalue weighted by Crippen LogP contribution is -2.63. The van der Waals surface area contributed by atoms with Gasteiger partial charge in [0.2, 0.25) is 11.8 Å². The molecule has 0 spiro atoms. The second kappa shape index (κ2) is 5.26. The highest BCUT2D eigenvalue weighted by molar-refractivity contribution is 5.91. The molecule has 2 saturated heterocycles. The Balaban J connectivity index is 1.96. The maximum absolute atomic E-state index is 12.3. The molecule has 0 aromatic carbocycles. The molecule has 102 valence electrons. The van der Waals surface area contributed by atoms with E-state index in [-0.39, 0.29) is 11.8 Å². The first-order valence-electron chi connectivity index (χ1n) is 6.81. The van der Waals surface area contributed by atoms with Crippen LogP contribution in [0.5, 0.6) is 0 Å². The fourth-order valence-corrected chi connectivity index (χ4v) is 2.79. The Morgan fingerprint density at radius 1 is 1.44 bits per heavy atom. The van der Waals surface area contributed by atoms with Crippen molar-refractivity contribution in [3.8, 4) is 0 Å². The van der Waals surface area contributed by atoms with Gasteiger partial charge >= 0.3 is 0 Å². The molecule has 0 bridgehead atoms. The minimum Gasteiger partial charge on any atom is -0.352 e. The van der Waals surface area contributed by atoms with E-state index in [1.165, 1.54) is 0 Å². The zero-order valence-corrected chi connectivity index (χ0v) is 11.3. The molecule has 2 fully saturated rings. The third kappa shape index (κ3) is 2.66. The molecular formula is C13H23N3O2. The van der Waals surface area contributed by atoms with Gasteiger partial charge in [-0.2, -0.15) is 0 Å². The van der Waals surface area contributed by atoms with Crippen LogP contribution in [-0.2, 0) is 9.59 Å². The number of piperazine rings is 1. The first-order chi connectivity index (χ1) is 8.51. The van der Waals surface area contributed by atoms with Gasteiger partial charge in [0, 0.05) is 19.5 Å². The molecule has 0 aliphatic carbocycles. The zero-order valence-electron chi connectivity index (χ0n) is 11.3. The maximum atomic E-state index is 12.3. The van der Waals surface area contributed by atoms with Crippen molar-refractivity contribution in [3.63, 3.8) is 0 Å². The van der Waals surface area contributed by atoms with Gasteiger partial charge in [-0.15, -0.1) is 0 Å². The number of hydrogen-bond acceptors (Lipinski definition) is 3. The second-order valence-electron chi connectivity index (χ2n) is 5.78. The molecule has 5 nitrogen and oxygen atoms in total. The highest BCUT2D eigenvalue weighted by Crippen LogP contribution is 2.22. The quantitative estimate of drug-likeness (QED) is 0.734.